The van der Waals surface area contributed by atoms with Gasteiger partial charge in [-0.25, -0.2) is 4.98 Å². The van der Waals surface area contributed by atoms with Crippen LogP contribution in [0.3, 0.4) is 0 Å². The zero-order valence-corrected chi connectivity index (χ0v) is 17.4. The minimum absolute atomic E-state index is 0.0689. The minimum atomic E-state index is -0.0689. The Hall–Kier alpha value is -2.86. The quantitative estimate of drug-likeness (QED) is 0.563. The molecule has 6 heteroatoms. The maximum atomic E-state index is 13.2. The van der Waals surface area contributed by atoms with Crippen molar-refractivity contribution < 1.29 is 14.3 Å². The molecule has 2 aromatic carbocycles. The van der Waals surface area contributed by atoms with Gasteiger partial charge in [0.05, 0.1) is 18.3 Å². The Morgan fingerprint density at radius 2 is 1.96 bits per heavy atom. The van der Waals surface area contributed by atoms with Gasteiger partial charge in [-0.3, -0.25) is 4.79 Å². The number of anilines is 1. The van der Waals surface area contributed by atoms with Gasteiger partial charge in [0.2, 0.25) is 0 Å². The first-order valence-electron chi connectivity index (χ1n) is 9.10. The van der Waals surface area contributed by atoms with Gasteiger partial charge in [0, 0.05) is 23.2 Å². The van der Waals surface area contributed by atoms with E-state index in [0.29, 0.717) is 30.2 Å². The number of aromatic nitrogens is 1. The number of benzene rings is 2. The van der Waals surface area contributed by atoms with Crippen LogP contribution in [-0.2, 0) is 6.61 Å². The summed E-state index contributed by atoms with van der Waals surface area (Å²) >= 11 is 1.52. The van der Waals surface area contributed by atoms with Crippen molar-refractivity contribution in [3.63, 3.8) is 0 Å². The molecule has 0 aliphatic rings. The summed E-state index contributed by atoms with van der Waals surface area (Å²) in [4.78, 5) is 19.2. The largest absolute Gasteiger partial charge is 0.493 e. The first kappa shape index (κ1) is 19.9. The highest BCUT2D eigenvalue weighted by atomic mass is 32.1. The lowest BCUT2D eigenvalue weighted by molar-refractivity contribution is 0.0987. The summed E-state index contributed by atoms with van der Waals surface area (Å²) in [6.07, 6.45) is 0. The monoisotopic (exact) mass is 396 g/mol. The van der Waals surface area contributed by atoms with Crippen LogP contribution in [0.25, 0.3) is 0 Å². The first-order valence-corrected chi connectivity index (χ1v) is 10.0. The molecule has 0 spiro atoms. The predicted molar refractivity (Wildman–Crippen MR) is 113 cm³/mol. The third-order valence-electron chi connectivity index (χ3n) is 4.49. The van der Waals surface area contributed by atoms with Crippen molar-refractivity contribution in [1.82, 2.24) is 4.98 Å². The van der Waals surface area contributed by atoms with Gasteiger partial charge in [-0.05, 0) is 56.2 Å². The standard InChI is InChI=1S/C22H24N2O3S/c1-5-24(19-10-15(2)6-7-16(19)3)22(25)17-8-9-20(21(11-17)26-4)27-12-18-13-28-14-23-18/h6-11,13-14H,5,12H2,1-4H3. The number of thiazole rings is 1. The fraction of sp³-hybridized carbons (Fsp3) is 0.273. The number of amides is 1. The predicted octanol–water partition coefficient (Wildman–Crippen LogP) is 5.01. The van der Waals surface area contributed by atoms with E-state index in [1.54, 1.807) is 35.7 Å². The molecule has 0 bridgehead atoms. The Bertz CT molecular complexity index is 954. The van der Waals surface area contributed by atoms with Crippen molar-refractivity contribution in [1.29, 1.82) is 0 Å². The van der Waals surface area contributed by atoms with Crippen molar-refractivity contribution in [2.45, 2.75) is 27.4 Å². The molecule has 0 radical (unpaired) electrons. The van der Waals surface area contributed by atoms with Gasteiger partial charge in [0.25, 0.3) is 5.91 Å². The second-order valence-corrected chi connectivity index (χ2v) is 7.19. The Balaban J connectivity index is 1.85. The summed E-state index contributed by atoms with van der Waals surface area (Å²) in [6.45, 7) is 6.95. The van der Waals surface area contributed by atoms with E-state index in [0.717, 1.165) is 22.5 Å². The van der Waals surface area contributed by atoms with Crippen molar-refractivity contribution in [3.8, 4) is 11.5 Å². The van der Waals surface area contributed by atoms with Gasteiger partial charge in [-0.1, -0.05) is 12.1 Å². The van der Waals surface area contributed by atoms with Gasteiger partial charge in [-0.15, -0.1) is 11.3 Å². The summed E-state index contributed by atoms with van der Waals surface area (Å²) < 4.78 is 11.3. The second-order valence-electron chi connectivity index (χ2n) is 6.47. The number of rotatable bonds is 7. The van der Waals surface area contributed by atoms with E-state index in [2.05, 4.69) is 11.1 Å². The lowest BCUT2D eigenvalue weighted by Gasteiger charge is -2.24. The van der Waals surface area contributed by atoms with E-state index in [-0.39, 0.29) is 5.91 Å². The summed E-state index contributed by atoms with van der Waals surface area (Å²) in [6, 6.07) is 11.4. The molecule has 1 aromatic heterocycles. The van der Waals surface area contributed by atoms with E-state index < -0.39 is 0 Å². The molecule has 3 rings (SSSR count). The molecule has 5 nitrogen and oxygen atoms in total. The van der Waals surface area contributed by atoms with Crippen LogP contribution in [0.4, 0.5) is 5.69 Å². The molecular formula is C22H24N2O3S. The smallest absolute Gasteiger partial charge is 0.258 e. The van der Waals surface area contributed by atoms with Gasteiger partial charge >= 0.3 is 0 Å². The van der Waals surface area contributed by atoms with Crippen LogP contribution in [0, 0.1) is 13.8 Å². The van der Waals surface area contributed by atoms with Crippen LogP contribution in [0.2, 0.25) is 0 Å². The van der Waals surface area contributed by atoms with Crippen LogP contribution in [0.1, 0.15) is 34.1 Å². The van der Waals surface area contributed by atoms with E-state index in [1.165, 1.54) is 11.3 Å². The van der Waals surface area contributed by atoms with Crippen molar-refractivity contribution in [2.24, 2.45) is 0 Å². The van der Waals surface area contributed by atoms with Crippen LogP contribution >= 0.6 is 11.3 Å². The maximum Gasteiger partial charge on any atom is 0.258 e. The summed E-state index contributed by atoms with van der Waals surface area (Å²) in [5.74, 6) is 1.04. The van der Waals surface area contributed by atoms with Crippen LogP contribution < -0.4 is 14.4 Å². The number of aryl methyl sites for hydroxylation is 2. The summed E-state index contributed by atoms with van der Waals surface area (Å²) in [7, 11) is 1.57. The highest BCUT2D eigenvalue weighted by molar-refractivity contribution is 7.07. The summed E-state index contributed by atoms with van der Waals surface area (Å²) in [5, 5.41) is 1.94. The number of nitrogens with zero attached hydrogens (tertiary/aromatic N) is 2. The summed E-state index contributed by atoms with van der Waals surface area (Å²) in [5.41, 5.74) is 6.30. The van der Waals surface area contributed by atoms with Gasteiger partial charge in [0.1, 0.15) is 6.61 Å². The average Bonchev–Trinajstić information content (AvgIpc) is 3.23. The van der Waals surface area contributed by atoms with Crippen molar-refractivity contribution in [2.75, 3.05) is 18.6 Å². The molecule has 0 unspecified atom stereocenters. The molecule has 0 N–H and O–H groups in total. The second kappa shape index (κ2) is 8.89. The third kappa shape index (κ3) is 4.34. The maximum absolute atomic E-state index is 13.2. The van der Waals surface area contributed by atoms with Crippen LogP contribution in [0.5, 0.6) is 11.5 Å². The normalized spacial score (nSPS) is 10.6. The Kier molecular flexibility index (Phi) is 6.31. The minimum Gasteiger partial charge on any atom is -0.493 e. The van der Waals surface area contributed by atoms with Gasteiger partial charge in [-0.2, -0.15) is 0 Å². The Morgan fingerprint density at radius 3 is 2.64 bits per heavy atom. The Labute approximate surface area is 169 Å². The lowest BCUT2D eigenvalue weighted by Crippen LogP contribution is -2.31. The molecule has 3 aromatic rings. The number of methoxy groups -OCH3 is 1. The Morgan fingerprint density at radius 1 is 1.14 bits per heavy atom. The van der Waals surface area contributed by atoms with Gasteiger partial charge in [0.15, 0.2) is 11.5 Å². The topological polar surface area (TPSA) is 51.7 Å². The number of hydrogen-bond donors (Lipinski definition) is 0. The van der Waals surface area contributed by atoms with E-state index >= 15 is 0 Å². The molecule has 146 valence electrons. The van der Waals surface area contributed by atoms with Gasteiger partial charge < -0.3 is 14.4 Å². The molecule has 0 aliphatic carbocycles. The first-order chi connectivity index (χ1) is 13.5. The fourth-order valence-corrected chi connectivity index (χ4v) is 3.51. The number of carbonyl (C=O) groups excluding carboxylic acids is 1. The zero-order valence-electron chi connectivity index (χ0n) is 16.6. The van der Waals surface area contributed by atoms with Crippen LogP contribution in [-0.4, -0.2) is 24.5 Å². The average molecular weight is 397 g/mol. The number of hydrogen-bond acceptors (Lipinski definition) is 5. The third-order valence-corrected chi connectivity index (χ3v) is 5.12. The SMILES string of the molecule is CCN(C(=O)c1ccc(OCc2cscn2)c(OC)c1)c1cc(C)ccc1C. The van der Waals surface area contributed by atoms with Crippen LogP contribution in [0.15, 0.2) is 47.3 Å². The molecule has 1 heterocycles. The molecule has 28 heavy (non-hydrogen) atoms. The zero-order chi connectivity index (χ0) is 20.1. The fourth-order valence-electron chi connectivity index (χ4n) is 2.97. The molecule has 0 aliphatic heterocycles. The molecule has 0 saturated heterocycles. The van der Waals surface area contributed by atoms with E-state index in [4.69, 9.17) is 9.47 Å². The molecule has 0 fully saturated rings. The van der Waals surface area contributed by atoms with E-state index in [9.17, 15) is 4.79 Å². The number of carbonyl (C=O) groups is 1. The number of ether oxygens (including phenoxy) is 2. The molecular weight excluding hydrogens is 372 g/mol. The molecule has 1 amide bonds. The van der Waals surface area contributed by atoms with Crippen molar-refractivity contribution >= 4 is 22.9 Å². The molecule has 0 atom stereocenters. The highest BCUT2D eigenvalue weighted by Crippen LogP contribution is 2.30. The van der Waals surface area contributed by atoms with E-state index in [1.807, 2.05) is 38.3 Å². The van der Waals surface area contributed by atoms with Crippen molar-refractivity contribution in [3.05, 3.63) is 69.7 Å². The lowest BCUT2D eigenvalue weighted by atomic mass is 10.1. The molecule has 0 saturated carbocycles. The highest BCUT2D eigenvalue weighted by Gasteiger charge is 2.20.